The number of urea groups is 1. The first-order valence-electron chi connectivity index (χ1n) is 9.90. The molecule has 12 heteroatoms. The summed E-state index contributed by atoms with van der Waals surface area (Å²) in [6.45, 7) is 1.47. The quantitative estimate of drug-likeness (QED) is 0.563. The number of nitrogens with one attached hydrogen (secondary N) is 2. The van der Waals surface area contributed by atoms with E-state index in [1.165, 1.54) is 26.4 Å². The fraction of sp³-hybridized carbons (Fsp3) is 0.286. The summed E-state index contributed by atoms with van der Waals surface area (Å²) >= 11 is 5.96. The predicted molar refractivity (Wildman–Crippen MR) is 121 cm³/mol. The molecule has 2 N–H and O–H groups in total. The van der Waals surface area contributed by atoms with E-state index in [4.69, 9.17) is 16.3 Å². The van der Waals surface area contributed by atoms with Crippen molar-refractivity contribution in [2.24, 2.45) is 0 Å². The molecule has 0 fully saturated rings. The molecule has 0 saturated carbocycles. The third kappa shape index (κ3) is 5.27. The molecule has 0 spiro atoms. The Balaban J connectivity index is 2.14. The van der Waals surface area contributed by atoms with E-state index >= 15 is 0 Å². The van der Waals surface area contributed by atoms with Crippen molar-refractivity contribution >= 4 is 33.6 Å². The number of aromatic nitrogens is 1. The van der Waals surface area contributed by atoms with Crippen molar-refractivity contribution < 1.29 is 22.7 Å². The molecule has 33 heavy (non-hydrogen) atoms. The average Bonchev–Trinajstić information content (AvgIpc) is 2.75. The lowest BCUT2D eigenvalue weighted by molar-refractivity contribution is -0.139. The van der Waals surface area contributed by atoms with E-state index in [2.05, 4.69) is 10.6 Å². The van der Waals surface area contributed by atoms with Crippen LogP contribution in [-0.4, -0.2) is 50.0 Å². The largest absolute Gasteiger partial charge is 0.463 e. The Morgan fingerprint density at radius 2 is 1.82 bits per heavy atom. The number of allylic oxidation sites excluding steroid dienone is 1. The van der Waals surface area contributed by atoms with Crippen LogP contribution >= 0.6 is 11.6 Å². The van der Waals surface area contributed by atoms with Crippen molar-refractivity contribution in [2.75, 3.05) is 20.7 Å². The van der Waals surface area contributed by atoms with Gasteiger partial charge in [0.2, 0.25) is 10.0 Å². The highest BCUT2D eigenvalue weighted by molar-refractivity contribution is 7.89. The number of hydrogen-bond donors (Lipinski definition) is 2. The summed E-state index contributed by atoms with van der Waals surface area (Å²) in [6.07, 6.45) is 1.17. The van der Waals surface area contributed by atoms with Crippen LogP contribution in [0.15, 0.2) is 63.6 Å². The van der Waals surface area contributed by atoms with Crippen LogP contribution in [0, 0.1) is 0 Å². The molecule has 0 radical (unpaired) electrons. The number of sulfonamides is 1. The second-order valence-electron chi connectivity index (χ2n) is 7.31. The molecule has 1 aromatic carbocycles. The molecule has 1 atom stereocenters. The van der Waals surface area contributed by atoms with E-state index in [0.717, 1.165) is 14.9 Å². The van der Waals surface area contributed by atoms with Crippen LogP contribution < -0.4 is 16.2 Å². The fourth-order valence-electron chi connectivity index (χ4n) is 3.26. The molecule has 1 unspecified atom stereocenters. The predicted octanol–water partition coefficient (Wildman–Crippen LogP) is 1.62. The molecule has 1 aliphatic rings. The third-order valence-corrected chi connectivity index (χ3v) is 6.97. The van der Waals surface area contributed by atoms with Gasteiger partial charge in [-0.3, -0.25) is 4.79 Å². The van der Waals surface area contributed by atoms with Crippen molar-refractivity contribution in [1.82, 2.24) is 19.5 Å². The topological polar surface area (TPSA) is 127 Å². The Morgan fingerprint density at radius 3 is 2.42 bits per heavy atom. The number of amides is 2. The second-order valence-corrected chi connectivity index (χ2v) is 9.90. The van der Waals surface area contributed by atoms with Crippen LogP contribution in [0.5, 0.6) is 0 Å². The third-order valence-electron chi connectivity index (χ3n) is 4.92. The Kier molecular flexibility index (Phi) is 7.25. The maximum Gasteiger partial charge on any atom is 0.338 e. The van der Waals surface area contributed by atoms with Crippen LogP contribution in [0.2, 0.25) is 5.02 Å². The number of hydrogen-bond acceptors (Lipinski definition) is 6. The molecule has 2 aromatic rings. The minimum Gasteiger partial charge on any atom is -0.463 e. The number of carbonyl (C=O) groups excluding carboxylic acids is 2. The van der Waals surface area contributed by atoms with E-state index in [9.17, 15) is 22.8 Å². The molecule has 2 heterocycles. The molecule has 2 amide bonds. The van der Waals surface area contributed by atoms with Gasteiger partial charge in [0.25, 0.3) is 5.56 Å². The minimum absolute atomic E-state index is 0.0894. The minimum atomic E-state index is -3.81. The highest BCUT2D eigenvalue weighted by Gasteiger charge is 2.34. The van der Waals surface area contributed by atoms with Crippen molar-refractivity contribution in [2.45, 2.75) is 24.4 Å². The van der Waals surface area contributed by atoms with Gasteiger partial charge in [0.05, 0.1) is 35.4 Å². The zero-order valence-electron chi connectivity index (χ0n) is 18.2. The molecule has 10 nitrogen and oxygen atoms in total. The monoisotopic (exact) mass is 494 g/mol. The highest BCUT2D eigenvalue weighted by Crippen LogP contribution is 2.29. The summed E-state index contributed by atoms with van der Waals surface area (Å²) in [5, 5.41) is 5.72. The molecule has 1 aromatic heterocycles. The Labute approximate surface area is 195 Å². The highest BCUT2D eigenvalue weighted by atomic mass is 35.5. The summed E-state index contributed by atoms with van der Waals surface area (Å²) in [7, 11) is -1.07. The molecule has 176 valence electrons. The molecule has 0 saturated heterocycles. The number of pyridine rings is 1. The summed E-state index contributed by atoms with van der Waals surface area (Å²) in [4.78, 5) is 37.7. The Bertz CT molecular complexity index is 1270. The van der Waals surface area contributed by atoms with Gasteiger partial charge in [-0.25, -0.2) is 22.3 Å². The van der Waals surface area contributed by atoms with E-state index in [0.29, 0.717) is 10.6 Å². The van der Waals surface area contributed by atoms with Crippen molar-refractivity contribution in [3.05, 3.63) is 74.8 Å². The Morgan fingerprint density at radius 1 is 1.15 bits per heavy atom. The lowest BCUT2D eigenvalue weighted by Gasteiger charge is -2.29. The zero-order chi connectivity index (χ0) is 24.3. The van der Waals surface area contributed by atoms with Crippen molar-refractivity contribution in [1.29, 1.82) is 0 Å². The van der Waals surface area contributed by atoms with E-state index in [-0.39, 0.29) is 29.3 Å². The van der Waals surface area contributed by atoms with Gasteiger partial charge in [-0.1, -0.05) is 23.7 Å². The second kappa shape index (κ2) is 9.77. The molecule has 0 bridgehead atoms. The normalized spacial score (nSPS) is 16.4. The maximum atomic E-state index is 12.9. The summed E-state index contributed by atoms with van der Waals surface area (Å²) in [6, 6.07) is 7.41. The van der Waals surface area contributed by atoms with Crippen LogP contribution in [0.1, 0.15) is 18.5 Å². The summed E-state index contributed by atoms with van der Waals surface area (Å²) in [5.74, 6) is -0.690. The molecule has 3 rings (SSSR count). The fourth-order valence-corrected chi connectivity index (χ4v) is 4.31. The van der Waals surface area contributed by atoms with Crippen molar-refractivity contribution in [3.8, 4) is 0 Å². The lowest BCUT2D eigenvalue weighted by Crippen LogP contribution is -2.47. The number of ether oxygens (including phenoxy) is 1. The number of halogens is 1. The first-order chi connectivity index (χ1) is 15.5. The van der Waals surface area contributed by atoms with Crippen LogP contribution in [0.4, 0.5) is 4.79 Å². The molecule has 0 aliphatic carbocycles. The van der Waals surface area contributed by atoms with E-state index < -0.39 is 33.6 Å². The van der Waals surface area contributed by atoms with Gasteiger partial charge < -0.3 is 19.9 Å². The Hall–Kier alpha value is -3.15. The SMILES string of the molecule is CCOC(=O)C1=C(Cn2cc(S(=O)(=O)N(C)C)ccc2=O)NC(=O)NC1c1ccc(Cl)cc1. The maximum absolute atomic E-state index is 12.9. The first-order valence-corrected chi connectivity index (χ1v) is 11.7. The van der Waals surface area contributed by atoms with Gasteiger partial charge in [0, 0.05) is 31.4 Å². The average molecular weight is 495 g/mol. The molecular weight excluding hydrogens is 472 g/mol. The number of carbonyl (C=O) groups is 2. The first kappa shape index (κ1) is 24.5. The number of benzene rings is 1. The summed E-state index contributed by atoms with van der Waals surface area (Å²) in [5.41, 5.74) is 0.260. The van der Waals surface area contributed by atoms with Gasteiger partial charge in [-0.15, -0.1) is 0 Å². The van der Waals surface area contributed by atoms with E-state index in [1.807, 2.05) is 0 Å². The molecular formula is C21H23ClN4O6S. The number of esters is 1. The van der Waals surface area contributed by atoms with Gasteiger partial charge in [0.1, 0.15) is 0 Å². The van der Waals surface area contributed by atoms with Gasteiger partial charge in [0.15, 0.2) is 0 Å². The lowest BCUT2D eigenvalue weighted by atomic mass is 9.95. The zero-order valence-corrected chi connectivity index (χ0v) is 19.7. The number of rotatable bonds is 7. The van der Waals surface area contributed by atoms with E-state index in [1.54, 1.807) is 31.2 Å². The van der Waals surface area contributed by atoms with Gasteiger partial charge >= 0.3 is 12.0 Å². The molecule has 1 aliphatic heterocycles. The number of nitrogens with zero attached hydrogens (tertiary/aromatic N) is 2. The van der Waals surface area contributed by atoms with Crippen LogP contribution in [0.25, 0.3) is 0 Å². The van der Waals surface area contributed by atoms with Gasteiger partial charge in [-0.05, 0) is 30.7 Å². The van der Waals surface area contributed by atoms with Crippen molar-refractivity contribution in [3.63, 3.8) is 0 Å². The van der Waals surface area contributed by atoms with Crippen LogP contribution in [-0.2, 0) is 26.1 Å². The van der Waals surface area contributed by atoms with Gasteiger partial charge in [-0.2, -0.15) is 0 Å². The van der Waals surface area contributed by atoms with Crippen LogP contribution in [0.3, 0.4) is 0 Å². The standard InChI is InChI=1S/C21H23ClN4O6S/c1-4-32-20(28)18-16(23-21(29)24-19(18)13-5-7-14(22)8-6-13)12-26-11-15(9-10-17(26)27)33(30,31)25(2)3/h5-11,19H,4,12H2,1-3H3,(H2,23,24,29). The smallest absolute Gasteiger partial charge is 0.338 e. The summed E-state index contributed by atoms with van der Waals surface area (Å²) < 4.78 is 32.3.